The highest BCUT2D eigenvalue weighted by molar-refractivity contribution is 6.01. The van der Waals surface area contributed by atoms with Gasteiger partial charge in [0.25, 0.3) is 0 Å². The van der Waals surface area contributed by atoms with E-state index in [-0.39, 0.29) is 0 Å². The van der Waals surface area contributed by atoms with E-state index in [4.69, 9.17) is 0 Å². The molecule has 0 saturated carbocycles. The molecule has 5 aromatic rings. The molecule has 6 nitrogen and oxygen atoms in total. The van der Waals surface area contributed by atoms with Gasteiger partial charge in [0.15, 0.2) is 5.65 Å². The zero-order valence-corrected chi connectivity index (χ0v) is 20.1. The fourth-order valence-electron chi connectivity index (χ4n) is 4.32. The first kappa shape index (κ1) is 22.3. The molecule has 174 valence electrons. The molecule has 0 aliphatic rings. The third-order valence-corrected chi connectivity index (χ3v) is 5.94. The van der Waals surface area contributed by atoms with Crippen LogP contribution in [-0.2, 0) is 0 Å². The molecule has 6 heteroatoms. The molecule has 4 heterocycles. The third-order valence-electron chi connectivity index (χ3n) is 5.94. The number of H-pyrrole nitrogens is 2. The second-order valence-electron chi connectivity index (χ2n) is 8.73. The summed E-state index contributed by atoms with van der Waals surface area (Å²) in [6.07, 6.45) is 11.6. The maximum atomic E-state index is 4.65. The van der Waals surface area contributed by atoms with Gasteiger partial charge in [-0.3, -0.25) is 10.1 Å². The highest BCUT2D eigenvalue weighted by Gasteiger charge is 2.15. The Morgan fingerprint density at radius 3 is 2.71 bits per heavy atom. The number of hydrogen-bond acceptors (Lipinski definition) is 4. The smallest absolute Gasteiger partial charge is 0.155 e. The normalized spacial score (nSPS) is 12.6. The number of nitrogens with one attached hydrogen (secondary N) is 3. The van der Waals surface area contributed by atoms with Gasteiger partial charge in [-0.15, -0.1) is 0 Å². The van der Waals surface area contributed by atoms with Gasteiger partial charge in [-0.25, -0.2) is 4.98 Å². The van der Waals surface area contributed by atoms with Crippen molar-refractivity contribution in [2.75, 3.05) is 0 Å². The Bertz CT molecular complexity index is 1570. The number of rotatable bonds is 7. The number of pyridine rings is 2. The summed E-state index contributed by atoms with van der Waals surface area (Å²) in [5, 5.41) is 13.2. The molecule has 0 saturated heterocycles. The first-order valence-corrected chi connectivity index (χ1v) is 11.7. The summed E-state index contributed by atoms with van der Waals surface area (Å²) < 4.78 is 0. The minimum atomic E-state index is 0.317. The van der Waals surface area contributed by atoms with Gasteiger partial charge in [-0.05, 0) is 68.3 Å². The van der Waals surface area contributed by atoms with Crippen LogP contribution in [0.5, 0.6) is 0 Å². The van der Waals surface area contributed by atoms with Crippen molar-refractivity contribution < 1.29 is 0 Å². The monoisotopic (exact) mass is 460 g/mol. The van der Waals surface area contributed by atoms with Crippen LogP contribution in [0.1, 0.15) is 26.3 Å². The number of aromatic nitrogens is 5. The Hall–Kier alpha value is -4.45. The average molecular weight is 461 g/mol. The fraction of sp³-hybridized carbons (Fsp3) is 0.138. The van der Waals surface area contributed by atoms with Crippen LogP contribution in [0.15, 0.2) is 91.6 Å². The predicted octanol–water partition coefficient (Wildman–Crippen LogP) is 6.64. The van der Waals surface area contributed by atoms with Crippen molar-refractivity contribution in [1.82, 2.24) is 30.5 Å². The molecule has 0 fully saturated rings. The lowest BCUT2D eigenvalue weighted by Gasteiger charge is -2.12. The summed E-state index contributed by atoms with van der Waals surface area (Å²) in [7, 11) is 0. The molecule has 0 spiro atoms. The summed E-state index contributed by atoms with van der Waals surface area (Å²) in [6.45, 7) is 10.2. The Labute approximate surface area is 204 Å². The van der Waals surface area contributed by atoms with Crippen LogP contribution in [0, 0.1) is 0 Å². The molecule has 5 rings (SSSR count). The maximum absolute atomic E-state index is 4.65. The molecule has 0 aliphatic carbocycles. The number of allylic oxidation sites excluding steroid dienone is 4. The van der Waals surface area contributed by atoms with Crippen molar-refractivity contribution in [2.45, 2.75) is 26.8 Å². The fourth-order valence-corrected chi connectivity index (χ4v) is 4.32. The third kappa shape index (κ3) is 4.38. The highest BCUT2D eigenvalue weighted by atomic mass is 15.2. The highest BCUT2D eigenvalue weighted by Crippen LogP contribution is 2.34. The van der Waals surface area contributed by atoms with Crippen molar-refractivity contribution >= 4 is 27.5 Å². The minimum absolute atomic E-state index is 0.317. The standard InChI is InChI=1S/C29H28N6/c1-5-19(13-22(6-2)32-18(3)4)21-14-25-28(34-35-29(25)31-17-21)27-15-24-23(10-7-11-26(24)33-27)20-9-8-12-30-16-20/h5-18,32-33H,2H2,1,3-4H3,(H,31,34,35)/b19-5+,22-13+. The summed E-state index contributed by atoms with van der Waals surface area (Å²) in [6, 6.07) is 14.9. The maximum Gasteiger partial charge on any atom is 0.155 e. The van der Waals surface area contributed by atoms with Gasteiger partial charge in [0.2, 0.25) is 0 Å². The molecule has 1 aromatic carbocycles. The first-order chi connectivity index (χ1) is 17.1. The average Bonchev–Trinajstić information content (AvgIpc) is 3.50. The minimum Gasteiger partial charge on any atom is -0.383 e. The molecule has 0 amide bonds. The molecule has 3 N–H and O–H groups in total. The van der Waals surface area contributed by atoms with Crippen LogP contribution in [-0.4, -0.2) is 31.2 Å². The van der Waals surface area contributed by atoms with Crippen LogP contribution in [0.3, 0.4) is 0 Å². The molecule has 0 atom stereocenters. The van der Waals surface area contributed by atoms with E-state index in [9.17, 15) is 0 Å². The van der Waals surface area contributed by atoms with Crippen LogP contribution in [0.25, 0.3) is 50.0 Å². The van der Waals surface area contributed by atoms with Crippen LogP contribution in [0.2, 0.25) is 0 Å². The Morgan fingerprint density at radius 2 is 1.97 bits per heavy atom. The molecule has 0 unspecified atom stereocenters. The SMILES string of the molecule is C=C/C(=C\C(=C/C)c1cnc2[nH]nc(-c3cc4c(-c5cccnc5)cccc4[nH]3)c2c1)NC(C)C. The van der Waals surface area contributed by atoms with E-state index < -0.39 is 0 Å². The largest absolute Gasteiger partial charge is 0.383 e. The lowest BCUT2D eigenvalue weighted by atomic mass is 10.0. The lowest BCUT2D eigenvalue weighted by Crippen LogP contribution is -2.20. The Balaban J connectivity index is 1.59. The second-order valence-corrected chi connectivity index (χ2v) is 8.73. The van der Waals surface area contributed by atoms with E-state index in [0.29, 0.717) is 6.04 Å². The predicted molar refractivity (Wildman–Crippen MR) is 145 cm³/mol. The van der Waals surface area contributed by atoms with Crippen molar-refractivity contribution in [3.8, 4) is 22.5 Å². The van der Waals surface area contributed by atoms with Gasteiger partial charge >= 0.3 is 0 Å². The van der Waals surface area contributed by atoms with E-state index in [1.165, 1.54) is 0 Å². The van der Waals surface area contributed by atoms with Gasteiger partial charge in [-0.1, -0.05) is 30.9 Å². The van der Waals surface area contributed by atoms with Gasteiger partial charge in [0.05, 0.1) is 5.69 Å². The van der Waals surface area contributed by atoms with E-state index in [0.717, 1.165) is 61.3 Å². The van der Waals surface area contributed by atoms with E-state index in [1.54, 1.807) is 6.20 Å². The number of fused-ring (bicyclic) bond motifs is 2. The van der Waals surface area contributed by atoms with Crippen molar-refractivity contribution in [2.24, 2.45) is 0 Å². The van der Waals surface area contributed by atoms with E-state index in [2.05, 4.69) is 99.4 Å². The van der Waals surface area contributed by atoms with Gasteiger partial charge in [-0.2, -0.15) is 5.10 Å². The van der Waals surface area contributed by atoms with Crippen molar-refractivity contribution in [3.63, 3.8) is 0 Å². The quantitative estimate of drug-likeness (QED) is 0.238. The first-order valence-electron chi connectivity index (χ1n) is 11.7. The molecule has 0 aliphatic heterocycles. The van der Waals surface area contributed by atoms with E-state index in [1.807, 2.05) is 31.5 Å². The zero-order valence-electron chi connectivity index (χ0n) is 20.1. The van der Waals surface area contributed by atoms with Crippen LogP contribution < -0.4 is 5.32 Å². The topological polar surface area (TPSA) is 82.3 Å². The summed E-state index contributed by atoms with van der Waals surface area (Å²) >= 11 is 0. The van der Waals surface area contributed by atoms with Crippen LogP contribution in [0.4, 0.5) is 0 Å². The summed E-state index contributed by atoms with van der Waals surface area (Å²) in [4.78, 5) is 12.5. The molecular weight excluding hydrogens is 432 g/mol. The second kappa shape index (κ2) is 9.43. The number of aromatic amines is 2. The molecule has 35 heavy (non-hydrogen) atoms. The van der Waals surface area contributed by atoms with Gasteiger partial charge in [0.1, 0.15) is 5.69 Å². The molecular formula is C29H28N6. The summed E-state index contributed by atoms with van der Waals surface area (Å²) in [5.74, 6) is 0. The Kier molecular flexibility index (Phi) is 6.02. The zero-order chi connectivity index (χ0) is 24.4. The number of nitrogens with zero attached hydrogens (tertiary/aromatic N) is 3. The molecule has 0 radical (unpaired) electrons. The Morgan fingerprint density at radius 1 is 1.09 bits per heavy atom. The molecule has 4 aromatic heterocycles. The number of benzene rings is 1. The van der Waals surface area contributed by atoms with Crippen molar-refractivity contribution in [1.29, 1.82) is 0 Å². The van der Waals surface area contributed by atoms with Crippen molar-refractivity contribution in [3.05, 3.63) is 97.1 Å². The summed E-state index contributed by atoms with van der Waals surface area (Å²) in [5.41, 5.74) is 8.83. The molecule has 0 bridgehead atoms. The van der Waals surface area contributed by atoms with Gasteiger partial charge in [0, 0.05) is 57.7 Å². The van der Waals surface area contributed by atoms with E-state index >= 15 is 0 Å². The van der Waals surface area contributed by atoms with Crippen LogP contribution >= 0.6 is 0 Å². The number of hydrogen-bond donors (Lipinski definition) is 3. The lowest BCUT2D eigenvalue weighted by molar-refractivity contribution is 0.682. The van der Waals surface area contributed by atoms with Gasteiger partial charge < -0.3 is 10.3 Å².